The number of aromatic nitrogens is 1. The van der Waals surface area contributed by atoms with Crippen LogP contribution >= 0.6 is 0 Å². The van der Waals surface area contributed by atoms with Gasteiger partial charge in [0.1, 0.15) is 12.4 Å². The highest BCUT2D eigenvalue weighted by Gasteiger charge is 2.38. The quantitative estimate of drug-likeness (QED) is 0.631. The van der Waals surface area contributed by atoms with Gasteiger partial charge in [-0.05, 0) is 54.7 Å². The SMILES string of the molecule is O=C(C1CC1)N1CCCn2cccc2C1c1ccc(OCc2ccccc2)cc1. The Bertz CT molecular complexity index is 974. The van der Waals surface area contributed by atoms with Crippen LogP contribution in [0.3, 0.4) is 0 Å². The second-order valence-electron chi connectivity index (χ2n) is 8.03. The molecule has 3 aromatic rings. The average Bonchev–Trinajstić information content (AvgIpc) is 3.55. The van der Waals surface area contributed by atoms with Crippen molar-refractivity contribution in [2.75, 3.05) is 6.54 Å². The van der Waals surface area contributed by atoms with E-state index in [0.29, 0.717) is 12.5 Å². The van der Waals surface area contributed by atoms with E-state index in [1.54, 1.807) is 0 Å². The van der Waals surface area contributed by atoms with Crippen LogP contribution in [-0.4, -0.2) is 21.9 Å². The number of benzene rings is 2. The molecule has 0 N–H and O–H groups in total. The number of hydrogen-bond donors (Lipinski definition) is 0. The third-order valence-electron chi connectivity index (χ3n) is 5.91. The Balaban J connectivity index is 1.40. The molecule has 1 aromatic heterocycles. The summed E-state index contributed by atoms with van der Waals surface area (Å²) in [6, 6.07) is 22.7. The molecule has 1 atom stereocenters. The summed E-state index contributed by atoms with van der Waals surface area (Å²) < 4.78 is 8.25. The zero-order valence-corrected chi connectivity index (χ0v) is 16.5. The molecule has 2 heterocycles. The molecule has 0 saturated heterocycles. The molecule has 0 radical (unpaired) electrons. The van der Waals surface area contributed by atoms with Crippen molar-refractivity contribution < 1.29 is 9.53 Å². The first kappa shape index (κ1) is 18.0. The third kappa shape index (κ3) is 3.80. The van der Waals surface area contributed by atoms with Gasteiger partial charge >= 0.3 is 0 Å². The monoisotopic (exact) mass is 386 g/mol. The Labute approximate surface area is 171 Å². The van der Waals surface area contributed by atoms with E-state index in [1.165, 1.54) is 5.69 Å². The summed E-state index contributed by atoms with van der Waals surface area (Å²) in [6.45, 7) is 2.33. The van der Waals surface area contributed by atoms with Crippen LogP contribution in [0.2, 0.25) is 0 Å². The summed E-state index contributed by atoms with van der Waals surface area (Å²) in [5.41, 5.74) is 3.50. The number of rotatable bonds is 5. The lowest BCUT2D eigenvalue weighted by Crippen LogP contribution is -2.36. The van der Waals surface area contributed by atoms with Gasteiger partial charge in [-0.25, -0.2) is 0 Å². The normalized spacial score (nSPS) is 18.8. The van der Waals surface area contributed by atoms with Crippen molar-refractivity contribution >= 4 is 5.91 Å². The maximum atomic E-state index is 13.0. The van der Waals surface area contributed by atoms with Gasteiger partial charge in [0.25, 0.3) is 0 Å². The largest absolute Gasteiger partial charge is 0.489 e. The van der Waals surface area contributed by atoms with Gasteiger partial charge in [0.2, 0.25) is 5.91 Å². The van der Waals surface area contributed by atoms with Gasteiger partial charge in [-0.3, -0.25) is 4.79 Å². The van der Waals surface area contributed by atoms with E-state index in [-0.39, 0.29) is 12.0 Å². The molecule has 1 fully saturated rings. The molecule has 1 unspecified atom stereocenters. The van der Waals surface area contributed by atoms with Crippen LogP contribution in [0.4, 0.5) is 0 Å². The summed E-state index contributed by atoms with van der Waals surface area (Å²) in [5.74, 6) is 1.39. The molecule has 2 aliphatic rings. The van der Waals surface area contributed by atoms with Crippen LogP contribution in [0.25, 0.3) is 0 Å². The number of aryl methyl sites for hydroxylation is 1. The van der Waals surface area contributed by atoms with Gasteiger partial charge in [0.15, 0.2) is 0 Å². The fourth-order valence-corrected chi connectivity index (χ4v) is 4.22. The van der Waals surface area contributed by atoms with Gasteiger partial charge in [0.05, 0.1) is 6.04 Å². The Morgan fingerprint density at radius 2 is 1.72 bits per heavy atom. The maximum Gasteiger partial charge on any atom is 0.226 e. The number of ether oxygens (including phenoxy) is 1. The fraction of sp³-hybridized carbons (Fsp3) is 0.320. The lowest BCUT2D eigenvalue weighted by Gasteiger charge is -2.31. The molecule has 1 saturated carbocycles. The van der Waals surface area contributed by atoms with Crippen molar-refractivity contribution in [1.29, 1.82) is 0 Å². The standard InChI is InChI=1S/C25H26N2O2/c28-25(21-9-10-21)27-17-5-16-26-15-4-8-23(26)24(27)20-11-13-22(14-12-20)29-18-19-6-2-1-3-7-19/h1-4,6-8,11-15,21,24H,5,9-10,16-18H2. The van der Waals surface area contributed by atoms with Gasteiger partial charge in [-0.15, -0.1) is 0 Å². The number of amides is 1. The summed E-state index contributed by atoms with van der Waals surface area (Å²) in [7, 11) is 0. The van der Waals surface area contributed by atoms with E-state index >= 15 is 0 Å². The van der Waals surface area contributed by atoms with Crippen LogP contribution in [0.5, 0.6) is 5.75 Å². The molecule has 4 heteroatoms. The average molecular weight is 386 g/mol. The van der Waals surface area contributed by atoms with Gasteiger partial charge < -0.3 is 14.2 Å². The second-order valence-corrected chi connectivity index (χ2v) is 8.03. The fourth-order valence-electron chi connectivity index (χ4n) is 4.22. The highest BCUT2D eigenvalue weighted by molar-refractivity contribution is 5.82. The van der Waals surface area contributed by atoms with Gasteiger partial charge in [-0.1, -0.05) is 42.5 Å². The lowest BCUT2D eigenvalue weighted by atomic mass is 10.0. The van der Waals surface area contributed by atoms with Crippen molar-refractivity contribution in [3.8, 4) is 5.75 Å². The lowest BCUT2D eigenvalue weighted by molar-refractivity contribution is -0.134. The predicted octanol–water partition coefficient (Wildman–Crippen LogP) is 4.80. The minimum atomic E-state index is -0.0243. The molecule has 1 aliphatic carbocycles. The molecule has 2 aromatic carbocycles. The van der Waals surface area contributed by atoms with Gasteiger partial charge in [0, 0.05) is 30.9 Å². The molecule has 1 aliphatic heterocycles. The summed E-state index contributed by atoms with van der Waals surface area (Å²) in [5, 5.41) is 0. The van der Waals surface area contributed by atoms with Crippen molar-refractivity contribution in [3.05, 3.63) is 89.7 Å². The predicted molar refractivity (Wildman–Crippen MR) is 113 cm³/mol. The van der Waals surface area contributed by atoms with Crippen LogP contribution < -0.4 is 4.74 Å². The Hall–Kier alpha value is -3.01. The van der Waals surface area contributed by atoms with Crippen LogP contribution in [0.15, 0.2) is 72.9 Å². The van der Waals surface area contributed by atoms with Crippen LogP contribution in [-0.2, 0) is 17.9 Å². The van der Waals surface area contributed by atoms with Crippen molar-refractivity contribution in [2.45, 2.75) is 38.5 Å². The van der Waals surface area contributed by atoms with E-state index in [0.717, 1.165) is 49.2 Å². The van der Waals surface area contributed by atoms with Crippen molar-refractivity contribution in [2.24, 2.45) is 5.92 Å². The summed E-state index contributed by atoms with van der Waals surface area (Å²) in [6.07, 6.45) is 5.20. The van der Waals surface area contributed by atoms with Crippen molar-refractivity contribution in [3.63, 3.8) is 0 Å². The van der Waals surface area contributed by atoms with E-state index in [4.69, 9.17) is 4.74 Å². The number of nitrogens with zero attached hydrogens (tertiary/aromatic N) is 2. The minimum Gasteiger partial charge on any atom is -0.489 e. The maximum absolute atomic E-state index is 13.0. The molecular weight excluding hydrogens is 360 g/mol. The first-order valence-electron chi connectivity index (χ1n) is 10.5. The molecule has 29 heavy (non-hydrogen) atoms. The second kappa shape index (κ2) is 7.78. The highest BCUT2D eigenvalue weighted by Crippen LogP contribution is 2.38. The smallest absolute Gasteiger partial charge is 0.226 e. The highest BCUT2D eigenvalue weighted by atomic mass is 16.5. The van der Waals surface area contributed by atoms with E-state index in [9.17, 15) is 4.79 Å². The van der Waals surface area contributed by atoms with Crippen LogP contribution in [0, 0.1) is 5.92 Å². The van der Waals surface area contributed by atoms with Crippen LogP contribution in [0.1, 0.15) is 42.1 Å². The molecule has 5 rings (SSSR count). The molecule has 148 valence electrons. The third-order valence-corrected chi connectivity index (χ3v) is 5.91. The zero-order chi connectivity index (χ0) is 19.6. The Morgan fingerprint density at radius 3 is 2.48 bits per heavy atom. The van der Waals surface area contributed by atoms with E-state index in [2.05, 4.69) is 52.1 Å². The molecule has 1 amide bonds. The first-order valence-corrected chi connectivity index (χ1v) is 10.5. The zero-order valence-electron chi connectivity index (χ0n) is 16.5. The molecule has 0 spiro atoms. The summed E-state index contributed by atoms with van der Waals surface area (Å²) in [4.78, 5) is 15.2. The van der Waals surface area contributed by atoms with Gasteiger partial charge in [-0.2, -0.15) is 0 Å². The van der Waals surface area contributed by atoms with E-state index < -0.39 is 0 Å². The molecule has 4 nitrogen and oxygen atoms in total. The van der Waals surface area contributed by atoms with E-state index in [1.807, 2.05) is 30.3 Å². The summed E-state index contributed by atoms with van der Waals surface area (Å²) >= 11 is 0. The number of hydrogen-bond acceptors (Lipinski definition) is 2. The first-order chi connectivity index (χ1) is 14.3. The Morgan fingerprint density at radius 1 is 0.931 bits per heavy atom. The minimum absolute atomic E-state index is 0.0243. The topological polar surface area (TPSA) is 34.5 Å². The Kier molecular flexibility index (Phi) is 4.84. The molecular formula is C25H26N2O2. The van der Waals surface area contributed by atoms with Crippen molar-refractivity contribution in [1.82, 2.24) is 9.47 Å². The number of fused-ring (bicyclic) bond motifs is 1. The molecule has 0 bridgehead atoms. The number of carbonyl (C=O) groups is 1. The number of carbonyl (C=O) groups excluding carboxylic acids is 1.